The fraction of sp³-hybridized carbons (Fsp3) is 0.235. The summed E-state index contributed by atoms with van der Waals surface area (Å²) < 4.78 is 0. The number of nitrogens with two attached hydrogens (primary N) is 1. The van der Waals surface area contributed by atoms with E-state index in [0.29, 0.717) is 0 Å². The topological polar surface area (TPSA) is 43.1 Å². The van der Waals surface area contributed by atoms with Crippen molar-refractivity contribution >= 4 is 5.91 Å². The Morgan fingerprint density at radius 1 is 1.00 bits per heavy atom. The van der Waals surface area contributed by atoms with Crippen molar-refractivity contribution in [3.8, 4) is 11.1 Å². The van der Waals surface area contributed by atoms with Gasteiger partial charge >= 0.3 is 0 Å². The smallest absolute Gasteiger partial charge is 0.224 e. The molecule has 19 heavy (non-hydrogen) atoms. The molecule has 0 fully saturated rings. The molecular formula is C17H19NO. The number of hydrogen-bond donors (Lipinski definition) is 1. The zero-order valence-electron chi connectivity index (χ0n) is 11.2. The molecule has 2 aromatic carbocycles. The molecule has 1 amide bonds. The van der Waals surface area contributed by atoms with Gasteiger partial charge in [-0.05, 0) is 23.1 Å². The van der Waals surface area contributed by atoms with E-state index in [2.05, 4.69) is 31.2 Å². The highest BCUT2D eigenvalue weighted by molar-refractivity contribution is 5.82. The first-order chi connectivity index (χ1) is 9.22. The summed E-state index contributed by atoms with van der Waals surface area (Å²) in [5.74, 6) is -0.413. The molecule has 0 radical (unpaired) electrons. The SMILES string of the molecule is CCCC(C(N)=O)c1ccc(-c2ccccc2)cc1. The molecule has 0 spiro atoms. The van der Waals surface area contributed by atoms with Crippen molar-refractivity contribution in [3.63, 3.8) is 0 Å². The standard InChI is InChI=1S/C17H19NO/c1-2-6-16(17(18)19)15-11-9-14(10-12-15)13-7-4-3-5-8-13/h3-5,7-12,16H,2,6H2,1H3,(H2,18,19). The van der Waals surface area contributed by atoms with Crippen molar-refractivity contribution in [1.82, 2.24) is 0 Å². The molecular weight excluding hydrogens is 234 g/mol. The van der Waals surface area contributed by atoms with Gasteiger partial charge in [-0.3, -0.25) is 4.79 Å². The van der Waals surface area contributed by atoms with Gasteiger partial charge in [0.15, 0.2) is 0 Å². The number of primary amides is 1. The molecule has 98 valence electrons. The van der Waals surface area contributed by atoms with E-state index in [1.165, 1.54) is 5.56 Å². The van der Waals surface area contributed by atoms with Crippen molar-refractivity contribution in [2.24, 2.45) is 5.73 Å². The zero-order valence-corrected chi connectivity index (χ0v) is 11.2. The fourth-order valence-corrected chi connectivity index (χ4v) is 2.30. The highest BCUT2D eigenvalue weighted by Gasteiger charge is 2.16. The van der Waals surface area contributed by atoms with Crippen molar-refractivity contribution in [3.05, 3.63) is 60.2 Å². The van der Waals surface area contributed by atoms with E-state index in [0.717, 1.165) is 24.0 Å². The average molecular weight is 253 g/mol. The van der Waals surface area contributed by atoms with Crippen LogP contribution in [0.15, 0.2) is 54.6 Å². The zero-order chi connectivity index (χ0) is 13.7. The predicted molar refractivity (Wildman–Crippen MR) is 78.7 cm³/mol. The summed E-state index contributed by atoms with van der Waals surface area (Å²) >= 11 is 0. The van der Waals surface area contributed by atoms with Crippen LogP contribution in [0.25, 0.3) is 11.1 Å². The minimum Gasteiger partial charge on any atom is -0.369 e. The summed E-state index contributed by atoms with van der Waals surface area (Å²) in [7, 11) is 0. The number of carbonyl (C=O) groups excluding carboxylic acids is 1. The second-order valence-corrected chi connectivity index (χ2v) is 4.73. The van der Waals surface area contributed by atoms with E-state index in [1.807, 2.05) is 30.3 Å². The number of hydrogen-bond acceptors (Lipinski definition) is 1. The van der Waals surface area contributed by atoms with E-state index in [-0.39, 0.29) is 11.8 Å². The average Bonchev–Trinajstić information content (AvgIpc) is 2.46. The second-order valence-electron chi connectivity index (χ2n) is 4.73. The summed E-state index contributed by atoms with van der Waals surface area (Å²) in [4.78, 5) is 11.5. The molecule has 2 nitrogen and oxygen atoms in total. The molecule has 0 saturated carbocycles. The van der Waals surface area contributed by atoms with Crippen molar-refractivity contribution in [2.75, 3.05) is 0 Å². The summed E-state index contributed by atoms with van der Waals surface area (Å²) in [6, 6.07) is 18.3. The Hall–Kier alpha value is -2.09. The van der Waals surface area contributed by atoms with Gasteiger partial charge in [0.05, 0.1) is 5.92 Å². The van der Waals surface area contributed by atoms with Crippen LogP contribution in [0.5, 0.6) is 0 Å². The maximum absolute atomic E-state index is 11.5. The van der Waals surface area contributed by atoms with E-state index >= 15 is 0 Å². The van der Waals surface area contributed by atoms with Crippen molar-refractivity contribution in [1.29, 1.82) is 0 Å². The van der Waals surface area contributed by atoms with Gasteiger partial charge in [0, 0.05) is 0 Å². The third-order valence-electron chi connectivity index (χ3n) is 3.34. The molecule has 0 aliphatic carbocycles. The molecule has 2 heteroatoms. The normalized spacial score (nSPS) is 12.1. The molecule has 0 saturated heterocycles. The second kappa shape index (κ2) is 6.19. The third kappa shape index (κ3) is 3.22. The summed E-state index contributed by atoms with van der Waals surface area (Å²) in [5.41, 5.74) is 8.81. The molecule has 2 rings (SSSR count). The highest BCUT2D eigenvalue weighted by atomic mass is 16.1. The Bertz CT molecular complexity index is 531. The Morgan fingerprint density at radius 3 is 2.11 bits per heavy atom. The van der Waals surface area contributed by atoms with Crippen molar-refractivity contribution in [2.45, 2.75) is 25.7 Å². The Labute approximate surface area is 114 Å². The molecule has 2 aromatic rings. The lowest BCUT2D eigenvalue weighted by Crippen LogP contribution is -2.21. The lowest BCUT2D eigenvalue weighted by molar-refractivity contribution is -0.119. The molecule has 0 aliphatic rings. The monoisotopic (exact) mass is 253 g/mol. The maximum Gasteiger partial charge on any atom is 0.224 e. The minimum atomic E-state index is -0.241. The van der Waals surface area contributed by atoms with E-state index in [9.17, 15) is 4.79 Å². The number of amides is 1. The maximum atomic E-state index is 11.5. The quantitative estimate of drug-likeness (QED) is 0.867. The Kier molecular flexibility index (Phi) is 4.35. The van der Waals surface area contributed by atoms with Crippen LogP contribution >= 0.6 is 0 Å². The van der Waals surface area contributed by atoms with Crippen LogP contribution < -0.4 is 5.73 Å². The highest BCUT2D eigenvalue weighted by Crippen LogP contribution is 2.25. The van der Waals surface area contributed by atoms with Gasteiger partial charge in [0.2, 0.25) is 5.91 Å². The molecule has 0 heterocycles. The van der Waals surface area contributed by atoms with Gasteiger partial charge in [-0.1, -0.05) is 67.9 Å². The van der Waals surface area contributed by atoms with Gasteiger partial charge in [-0.25, -0.2) is 0 Å². The van der Waals surface area contributed by atoms with Gasteiger partial charge in [0.25, 0.3) is 0 Å². The fourth-order valence-electron chi connectivity index (χ4n) is 2.30. The van der Waals surface area contributed by atoms with Crippen LogP contribution in [-0.2, 0) is 4.79 Å². The third-order valence-corrected chi connectivity index (χ3v) is 3.34. The lowest BCUT2D eigenvalue weighted by atomic mass is 9.92. The van der Waals surface area contributed by atoms with E-state index in [1.54, 1.807) is 0 Å². The van der Waals surface area contributed by atoms with Crippen LogP contribution in [0, 0.1) is 0 Å². The minimum absolute atomic E-state index is 0.171. The van der Waals surface area contributed by atoms with Gasteiger partial charge < -0.3 is 5.73 Å². The van der Waals surface area contributed by atoms with Crippen molar-refractivity contribution < 1.29 is 4.79 Å². The molecule has 2 N–H and O–H groups in total. The first-order valence-electron chi connectivity index (χ1n) is 6.67. The molecule has 1 unspecified atom stereocenters. The van der Waals surface area contributed by atoms with Gasteiger partial charge in [0.1, 0.15) is 0 Å². The van der Waals surface area contributed by atoms with Crippen LogP contribution in [0.4, 0.5) is 0 Å². The van der Waals surface area contributed by atoms with Gasteiger partial charge in [-0.2, -0.15) is 0 Å². The summed E-state index contributed by atoms with van der Waals surface area (Å²) in [6.07, 6.45) is 1.76. The van der Waals surface area contributed by atoms with Crippen LogP contribution in [0.3, 0.4) is 0 Å². The Morgan fingerprint density at radius 2 is 1.58 bits per heavy atom. The van der Waals surface area contributed by atoms with Crippen LogP contribution in [0.1, 0.15) is 31.2 Å². The van der Waals surface area contributed by atoms with Gasteiger partial charge in [-0.15, -0.1) is 0 Å². The molecule has 0 bridgehead atoms. The Balaban J connectivity index is 2.25. The number of rotatable bonds is 5. The number of carbonyl (C=O) groups is 1. The number of benzene rings is 2. The van der Waals surface area contributed by atoms with Crippen LogP contribution in [0.2, 0.25) is 0 Å². The van der Waals surface area contributed by atoms with E-state index < -0.39 is 0 Å². The molecule has 0 aliphatic heterocycles. The van der Waals surface area contributed by atoms with Crippen LogP contribution in [-0.4, -0.2) is 5.91 Å². The summed E-state index contributed by atoms with van der Waals surface area (Å²) in [5, 5.41) is 0. The molecule has 0 aromatic heterocycles. The first kappa shape index (κ1) is 13.3. The van der Waals surface area contributed by atoms with E-state index in [4.69, 9.17) is 5.73 Å². The molecule has 1 atom stereocenters. The first-order valence-corrected chi connectivity index (χ1v) is 6.67. The summed E-state index contributed by atoms with van der Waals surface area (Å²) in [6.45, 7) is 2.06. The largest absolute Gasteiger partial charge is 0.369 e. The predicted octanol–water partition coefficient (Wildman–Crippen LogP) is 3.72. The lowest BCUT2D eigenvalue weighted by Gasteiger charge is -2.13.